The molecule has 0 saturated carbocycles. The Balaban J connectivity index is 1.82. The predicted molar refractivity (Wildman–Crippen MR) is 171 cm³/mol. The third-order valence-electron chi connectivity index (χ3n) is 6.97. The van der Waals surface area contributed by atoms with Crippen molar-refractivity contribution in [2.24, 2.45) is 0 Å². The van der Waals surface area contributed by atoms with Gasteiger partial charge in [0.2, 0.25) is 11.8 Å². The van der Waals surface area contributed by atoms with E-state index in [2.05, 4.69) is 5.32 Å². The molecule has 7 nitrogen and oxygen atoms in total. The molecule has 0 aliphatic heterocycles. The Bertz CT molecular complexity index is 1670. The number of para-hydroxylation sites is 1. The first-order chi connectivity index (χ1) is 20.8. The molecule has 0 aromatic heterocycles. The molecule has 0 radical (unpaired) electrons. The monoisotopic (exact) mass is 615 g/mol. The Morgan fingerprint density at radius 3 is 1.95 bits per heavy atom. The van der Waals surface area contributed by atoms with Crippen molar-refractivity contribution in [2.75, 3.05) is 10.8 Å². The second-order valence-corrected chi connectivity index (χ2v) is 13.6. The molecule has 9 heteroatoms. The van der Waals surface area contributed by atoms with E-state index in [-0.39, 0.29) is 29.5 Å². The summed E-state index contributed by atoms with van der Waals surface area (Å²) in [5.74, 6) is -1.83. The fourth-order valence-corrected chi connectivity index (χ4v) is 6.23. The van der Waals surface area contributed by atoms with E-state index in [0.29, 0.717) is 0 Å². The summed E-state index contributed by atoms with van der Waals surface area (Å²) in [4.78, 5) is 29.6. The first-order valence-corrected chi connectivity index (χ1v) is 15.8. The van der Waals surface area contributed by atoms with Crippen molar-refractivity contribution in [3.05, 3.63) is 132 Å². The molecule has 0 unspecified atom stereocenters. The minimum absolute atomic E-state index is 0.0324. The average molecular weight is 616 g/mol. The minimum atomic E-state index is -4.37. The van der Waals surface area contributed by atoms with Crippen LogP contribution in [-0.2, 0) is 32.6 Å². The number of amides is 2. The third kappa shape index (κ3) is 8.32. The number of sulfonamides is 1. The number of hydrogen-bond acceptors (Lipinski definition) is 4. The second kappa shape index (κ2) is 13.9. The Labute approximate surface area is 259 Å². The Morgan fingerprint density at radius 2 is 1.36 bits per heavy atom. The van der Waals surface area contributed by atoms with E-state index in [4.69, 9.17) is 0 Å². The van der Waals surface area contributed by atoms with E-state index in [9.17, 15) is 18.0 Å². The van der Waals surface area contributed by atoms with Crippen molar-refractivity contribution < 1.29 is 22.4 Å². The van der Waals surface area contributed by atoms with Crippen LogP contribution >= 0.6 is 0 Å². The molecule has 4 rings (SSSR count). The van der Waals surface area contributed by atoms with Crippen LogP contribution in [-0.4, -0.2) is 43.3 Å². The lowest BCUT2D eigenvalue weighted by molar-refractivity contribution is -0.140. The molecule has 4 aromatic carbocycles. The van der Waals surface area contributed by atoms with Crippen LogP contribution < -0.4 is 9.62 Å². The van der Waals surface area contributed by atoms with Crippen molar-refractivity contribution in [1.29, 1.82) is 0 Å². The molecule has 2 amide bonds. The number of carbonyl (C=O) groups excluding carboxylic acids is 2. The fraction of sp³-hybridized carbons (Fsp3) is 0.257. The smallest absolute Gasteiger partial charge is 0.264 e. The van der Waals surface area contributed by atoms with Gasteiger partial charge in [0.25, 0.3) is 10.0 Å². The van der Waals surface area contributed by atoms with Crippen molar-refractivity contribution in [2.45, 2.75) is 57.1 Å². The number of halogens is 1. The highest BCUT2D eigenvalue weighted by molar-refractivity contribution is 7.92. The van der Waals surface area contributed by atoms with Gasteiger partial charge >= 0.3 is 0 Å². The number of nitrogens with zero attached hydrogens (tertiary/aromatic N) is 2. The maximum absolute atomic E-state index is 15.2. The van der Waals surface area contributed by atoms with Crippen LogP contribution in [0.15, 0.2) is 114 Å². The van der Waals surface area contributed by atoms with Gasteiger partial charge in [0, 0.05) is 18.5 Å². The Morgan fingerprint density at radius 1 is 0.795 bits per heavy atom. The van der Waals surface area contributed by atoms with Crippen LogP contribution in [0.2, 0.25) is 0 Å². The summed E-state index contributed by atoms with van der Waals surface area (Å²) in [6.45, 7) is 6.81. The van der Waals surface area contributed by atoms with Crippen LogP contribution in [0.1, 0.15) is 37.5 Å². The number of carbonyl (C=O) groups is 2. The molecule has 1 N–H and O–H groups in total. The topological polar surface area (TPSA) is 86.8 Å². The van der Waals surface area contributed by atoms with Crippen LogP contribution in [0.4, 0.5) is 10.1 Å². The molecule has 0 aliphatic rings. The van der Waals surface area contributed by atoms with Gasteiger partial charge in [-0.25, -0.2) is 12.8 Å². The van der Waals surface area contributed by atoms with Gasteiger partial charge in [0.15, 0.2) is 0 Å². The molecule has 44 heavy (non-hydrogen) atoms. The molecule has 230 valence electrons. The highest BCUT2D eigenvalue weighted by Gasteiger charge is 2.36. The summed E-state index contributed by atoms with van der Waals surface area (Å²) < 4.78 is 43.8. The highest BCUT2D eigenvalue weighted by atomic mass is 32.2. The minimum Gasteiger partial charge on any atom is -0.350 e. The molecule has 0 fully saturated rings. The molecule has 0 bridgehead atoms. The number of hydrogen-bond donors (Lipinski definition) is 1. The zero-order valence-corrected chi connectivity index (χ0v) is 26.2. The largest absolute Gasteiger partial charge is 0.350 e. The van der Waals surface area contributed by atoms with Crippen LogP contribution in [0.25, 0.3) is 0 Å². The van der Waals surface area contributed by atoms with E-state index < -0.39 is 39.9 Å². The van der Waals surface area contributed by atoms with Crippen molar-refractivity contribution in [3.63, 3.8) is 0 Å². The lowest BCUT2D eigenvalue weighted by atomic mass is 10.0. The van der Waals surface area contributed by atoms with Crippen LogP contribution in [0.5, 0.6) is 0 Å². The summed E-state index contributed by atoms with van der Waals surface area (Å²) in [6, 6.07) is 28.9. The molecule has 0 spiro atoms. The average Bonchev–Trinajstić information content (AvgIpc) is 2.99. The molecular weight excluding hydrogens is 577 g/mol. The normalized spacial score (nSPS) is 12.3. The Kier molecular flexibility index (Phi) is 10.2. The quantitative estimate of drug-likeness (QED) is 0.228. The maximum atomic E-state index is 15.2. The predicted octanol–water partition coefficient (Wildman–Crippen LogP) is 5.88. The molecule has 0 aliphatic carbocycles. The van der Waals surface area contributed by atoms with E-state index in [1.54, 1.807) is 18.2 Å². The van der Waals surface area contributed by atoms with Gasteiger partial charge < -0.3 is 10.2 Å². The molecule has 0 saturated heterocycles. The van der Waals surface area contributed by atoms with E-state index >= 15 is 4.39 Å². The summed E-state index contributed by atoms with van der Waals surface area (Å²) >= 11 is 0. The van der Waals surface area contributed by atoms with E-state index in [1.807, 2.05) is 82.3 Å². The lowest BCUT2D eigenvalue weighted by Gasteiger charge is -2.35. The standard InChI is InChI=1S/C35H38FN3O4S/c1-26-19-21-28(22-20-26)24-38(32(34(41)37-35(2,3)4)23-27-13-7-5-8-14-27)33(40)25-39(31-18-12-11-17-30(31)36)44(42,43)29-15-9-6-10-16-29/h5-22,32H,23-25H2,1-4H3,(H,37,41)/t32-/m0/s1. The number of anilines is 1. The van der Waals surface area contributed by atoms with Gasteiger partial charge in [0.05, 0.1) is 10.6 Å². The molecule has 4 aromatic rings. The van der Waals surface area contributed by atoms with E-state index in [0.717, 1.165) is 27.1 Å². The molecule has 0 heterocycles. The van der Waals surface area contributed by atoms with Gasteiger partial charge in [-0.3, -0.25) is 13.9 Å². The first kappa shape index (κ1) is 32.4. The van der Waals surface area contributed by atoms with Gasteiger partial charge in [-0.15, -0.1) is 0 Å². The Hall–Kier alpha value is -4.50. The SMILES string of the molecule is Cc1ccc(CN(C(=O)CN(c2ccccc2F)S(=O)(=O)c2ccccc2)[C@@H](Cc2ccccc2)C(=O)NC(C)(C)C)cc1. The third-order valence-corrected chi connectivity index (χ3v) is 8.75. The van der Waals surface area contributed by atoms with Gasteiger partial charge in [-0.1, -0.05) is 90.5 Å². The zero-order chi connectivity index (χ0) is 31.9. The van der Waals surface area contributed by atoms with Gasteiger partial charge in [-0.05, 0) is 63.1 Å². The van der Waals surface area contributed by atoms with Crippen molar-refractivity contribution >= 4 is 27.5 Å². The summed E-state index contributed by atoms with van der Waals surface area (Å²) in [5.41, 5.74) is 1.75. The number of rotatable bonds is 11. The van der Waals surface area contributed by atoms with Gasteiger partial charge in [0.1, 0.15) is 18.4 Å². The summed E-state index contributed by atoms with van der Waals surface area (Å²) in [6.07, 6.45) is 0.186. The lowest BCUT2D eigenvalue weighted by Crippen LogP contribution is -2.56. The van der Waals surface area contributed by atoms with Gasteiger partial charge in [-0.2, -0.15) is 0 Å². The number of aryl methyl sites for hydroxylation is 1. The number of nitrogens with one attached hydrogen (secondary N) is 1. The first-order valence-electron chi connectivity index (χ1n) is 14.4. The zero-order valence-electron chi connectivity index (χ0n) is 25.4. The van der Waals surface area contributed by atoms with E-state index in [1.165, 1.54) is 35.2 Å². The molecular formula is C35H38FN3O4S. The fourth-order valence-electron chi connectivity index (χ4n) is 4.78. The number of benzene rings is 4. The highest BCUT2D eigenvalue weighted by Crippen LogP contribution is 2.27. The second-order valence-electron chi connectivity index (χ2n) is 11.7. The van der Waals surface area contributed by atoms with Crippen molar-refractivity contribution in [1.82, 2.24) is 10.2 Å². The van der Waals surface area contributed by atoms with Crippen molar-refractivity contribution in [3.8, 4) is 0 Å². The van der Waals surface area contributed by atoms with Crippen LogP contribution in [0.3, 0.4) is 0 Å². The summed E-state index contributed by atoms with van der Waals surface area (Å²) in [7, 11) is -4.37. The maximum Gasteiger partial charge on any atom is 0.264 e. The van der Waals surface area contributed by atoms with Crippen LogP contribution in [0, 0.1) is 12.7 Å². The summed E-state index contributed by atoms with van der Waals surface area (Å²) in [5, 5.41) is 3.00. The molecule has 1 atom stereocenters.